The lowest BCUT2D eigenvalue weighted by Crippen LogP contribution is -2.27. The van der Waals surface area contributed by atoms with Crippen molar-refractivity contribution in [3.63, 3.8) is 0 Å². The fourth-order valence-electron chi connectivity index (χ4n) is 2.00. The molecule has 23 heavy (non-hydrogen) atoms. The number of benzene rings is 2. The molecule has 0 aliphatic rings. The molecule has 2 rings (SSSR count). The largest absolute Gasteiger partial charge is 0.349 e. The Balaban J connectivity index is 2.31. The van der Waals surface area contributed by atoms with Crippen molar-refractivity contribution < 1.29 is 13.2 Å². The van der Waals surface area contributed by atoms with Crippen LogP contribution in [0.25, 0.3) is 0 Å². The molecule has 0 fully saturated rings. The van der Waals surface area contributed by atoms with E-state index in [1.807, 2.05) is 0 Å². The van der Waals surface area contributed by atoms with Gasteiger partial charge in [0.1, 0.15) is 0 Å². The normalized spacial score (nSPS) is 10.8. The van der Waals surface area contributed by atoms with Gasteiger partial charge in [0.25, 0.3) is 15.9 Å². The highest BCUT2D eigenvalue weighted by Gasteiger charge is 2.21. The van der Waals surface area contributed by atoms with Crippen LogP contribution in [0.5, 0.6) is 0 Å². The summed E-state index contributed by atoms with van der Waals surface area (Å²) in [4.78, 5) is 12.2. The first-order chi connectivity index (χ1) is 11.0. The van der Waals surface area contributed by atoms with Gasteiger partial charge in [-0.3, -0.25) is 9.10 Å². The van der Waals surface area contributed by atoms with Gasteiger partial charge in [-0.05, 0) is 30.3 Å². The fourth-order valence-corrected chi connectivity index (χ4v) is 3.21. The van der Waals surface area contributed by atoms with Gasteiger partial charge in [-0.15, -0.1) is 6.58 Å². The van der Waals surface area contributed by atoms with Gasteiger partial charge in [0.15, 0.2) is 0 Å². The van der Waals surface area contributed by atoms with Crippen molar-refractivity contribution in [3.8, 4) is 0 Å². The van der Waals surface area contributed by atoms with Crippen LogP contribution in [0.4, 0.5) is 5.69 Å². The molecule has 0 atom stereocenters. The SMILES string of the molecule is C=CCNC(=O)c1cccc(N(C)S(=O)(=O)c2ccccc2)c1. The second-order valence-corrected chi connectivity index (χ2v) is 6.80. The Hall–Kier alpha value is -2.60. The quantitative estimate of drug-likeness (QED) is 0.827. The number of nitrogens with zero attached hydrogens (tertiary/aromatic N) is 1. The van der Waals surface area contributed by atoms with E-state index in [0.717, 1.165) is 4.31 Å². The minimum Gasteiger partial charge on any atom is -0.349 e. The zero-order chi connectivity index (χ0) is 16.9. The highest BCUT2D eigenvalue weighted by Crippen LogP contribution is 2.22. The zero-order valence-corrected chi connectivity index (χ0v) is 13.6. The van der Waals surface area contributed by atoms with Crippen LogP contribution in [0, 0.1) is 0 Å². The predicted molar refractivity (Wildman–Crippen MR) is 91.0 cm³/mol. The van der Waals surface area contributed by atoms with Crippen LogP contribution in [-0.2, 0) is 10.0 Å². The van der Waals surface area contributed by atoms with E-state index < -0.39 is 10.0 Å². The van der Waals surface area contributed by atoms with Crippen molar-refractivity contribution in [1.29, 1.82) is 0 Å². The fraction of sp³-hybridized carbons (Fsp3) is 0.118. The Morgan fingerprint density at radius 2 is 1.87 bits per heavy atom. The number of carbonyl (C=O) groups excluding carboxylic acids is 1. The summed E-state index contributed by atoms with van der Waals surface area (Å²) in [6.07, 6.45) is 1.58. The lowest BCUT2D eigenvalue weighted by Gasteiger charge is -2.20. The highest BCUT2D eigenvalue weighted by molar-refractivity contribution is 7.92. The number of rotatable bonds is 6. The maximum absolute atomic E-state index is 12.6. The van der Waals surface area contributed by atoms with Crippen LogP contribution in [0.1, 0.15) is 10.4 Å². The lowest BCUT2D eigenvalue weighted by molar-refractivity contribution is 0.0958. The molecule has 6 heteroatoms. The maximum atomic E-state index is 12.6. The number of hydrogen-bond acceptors (Lipinski definition) is 3. The van der Waals surface area contributed by atoms with Gasteiger partial charge in [-0.25, -0.2) is 8.42 Å². The molecule has 1 N–H and O–H groups in total. The molecule has 0 aromatic heterocycles. The predicted octanol–water partition coefficient (Wildman–Crippen LogP) is 2.43. The van der Waals surface area contributed by atoms with Crippen molar-refractivity contribution >= 4 is 21.6 Å². The molecule has 2 aromatic rings. The van der Waals surface area contributed by atoms with Gasteiger partial charge in [0.05, 0.1) is 10.6 Å². The molecule has 0 aliphatic heterocycles. The van der Waals surface area contributed by atoms with Gasteiger partial charge in [-0.2, -0.15) is 0 Å². The molecule has 1 amide bonds. The van der Waals surface area contributed by atoms with E-state index in [2.05, 4.69) is 11.9 Å². The monoisotopic (exact) mass is 330 g/mol. The Morgan fingerprint density at radius 1 is 1.17 bits per heavy atom. The number of hydrogen-bond donors (Lipinski definition) is 1. The summed E-state index contributed by atoms with van der Waals surface area (Å²) >= 11 is 0. The van der Waals surface area contributed by atoms with Crippen molar-refractivity contribution in [1.82, 2.24) is 5.32 Å². The van der Waals surface area contributed by atoms with E-state index in [1.165, 1.54) is 19.2 Å². The molecule has 120 valence electrons. The molecule has 0 saturated heterocycles. The zero-order valence-electron chi connectivity index (χ0n) is 12.8. The Kier molecular flexibility index (Phi) is 5.18. The molecule has 0 unspecified atom stereocenters. The smallest absolute Gasteiger partial charge is 0.264 e. The van der Waals surface area contributed by atoms with Gasteiger partial charge in [0, 0.05) is 19.2 Å². The first-order valence-corrected chi connectivity index (χ1v) is 8.44. The topological polar surface area (TPSA) is 66.5 Å². The summed E-state index contributed by atoms with van der Waals surface area (Å²) in [7, 11) is -2.20. The van der Waals surface area contributed by atoms with Crippen molar-refractivity contribution in [2.45, 2.75) is 4.90 Å². The van der Waals surface area contributed by atoms with E-state index in [0.29, 0.717) is 17.8 Å². The van der Waals surface area contributed by atoms with Crippen LogP contribution in [0.15, 0.2) is 72.1 Å². The van der Waals surface area contributed by atoms with E-state index in [4.69, 9.17) is 0 Å². The highest BCUT2D eigenvalue weighted by atomic mass is 32.2. The maximum Gasteiger partial charge on any atom is 0.264 e. The Morgan fingerprint density at radius 3 is 2.52 bits per heavy atom. The number of carbonyl (C=O) groups is 1. The average molecular weight is 330 g/mol. The van der Waals surface area contributed by atoms with E-state index in [-0.39, 0.29) is 10.8 Å². The van der Waals surface area contributed by atoms with Gasteiger partial charge >= 0.3 is 0 Å². The molecule has 0 heterocycles. The first kappa shape index (κ1) is 16.8. The Labute approximate surface area is 136 Å². The van der Waals surface area contributed by atoms with Crippen LogP contribution in [-0.4, -0.2) is 27.9 Å². The molecule has 5 nitrogen and oxygen atoms in total. The van der Waals surface area contributed by atoms with Crippen molar-refractivity contribution in [2.75, 3.05) is 17.9 Å². The standard InChI is InChI=1S/C17H18N2O3S/c1-3-12-18-17(20)14-8-7-9-15(13-14)19(2)23(21,22)16-10-5-4-6-11-16/h3-11,13H,1,12H2,2H3,(H,18,20). The van der Waals surface area contributed by atoms with Crippen LogP contribution in [0.3, 0.4) is 0 Å². The second kappa shape index (κ2) is 7.11. The summed E-state index contributed by atoms with van der Waals surface area (Å²) in [5.41, 5.74) is 0.805. The van der Waals surface area contributed by atoms with E-state index >= 15 is 0 Å². The van der Waals surface area contributed by atoms with Gasteiger partial charge in [0.2, 0.25) is 0 Å². The Bertz CT molecular complexity index is 802. The third-order valence-corrected chi connectivity index (χ3v) is 5.08. The molecule has 0 aliphatic carbocycles. The van der Waals surface area contributed by atoms with Crippen LogP contribution in [0.2, 0.25) is 0 Å². The van der Waals surface area contributed by atoms with E-state index in [9.17, 15) is 13.2 Å². The average Bonchev–Trinajstić information content (AvgIpc) is 2.59. The summed E-state index contributed by atoms with van der Waals surface area (Å²) in [6.45, 7) is 3.88. The first-order valence-electron chi connectivity index (χ1n) is 7.00. The summed E-state index contributed by atoms with van der Waals surface area (Å²) in [5, 5.41) is 2.66. The molecule has 0 saturated carbocycles. The molecular weight excluding hydrogens is 312 g/mol. The molecular formula is C17H18N2O3S. The third kappa shape index (κ3) is 3.78. The van der Waals surface area contributed by atoms with E-state index in [1.54, 1.807) is 48.5 Å². The summed E-state index contributed by atoms with van der Waals surface area (Å²) < 4.78 is 26.4. The van der Waals surface area contributed by atoms with Gasteiger partial charge < -0.3 is 5.32 Å². The molecule has 0 bridgehead atoms. The minimum atomic E-state index is -3.67. The third-order valence-electron chi connectivity index (χ3n) is 3.28. The van der Waals surface area contributed by atoms with Gasteiger partial charge in [-0.1, -0.05) is 30.3 Å². The molecule has 0 radical (unpaired) electrons. The molecule has 2 aromatic carbocycles. The summed E-state index contributed by atoms with van der Waals surface area (Å²) in [5.74, 6) is -0.280. The number of nitrogens with one attached hydrogen (secondary N) is 1. The lowest BCUT2D eigenvalue weighted by atomic mass is 10.2. The van der Waals surface area contributed by atoms with Crippen LogP contribution >= 0.6 is 0 Å². The van der Waals surface area contributed by atoms with Crippen LogP contribution < -0.4 is 9.62 Å². The van der Waals surface area contributed by atoms with Crippen molar-refractivity contribution in [2.24, 2.45) is 0 Å². The van der Waals surface area contributed by atoms with Crippen molar-refractivity contribution in [3.05, 3.63) is 72.8 Å². The number of anilines is 1. The number of sulfonamides is 1. The minimum absolute atomic E-state index is 0.198. The number of amides is 1. The molecule has 0 spiro atoms. The summed E-state index contributed by atoms with van der Waals surface area (Å²) in [6, 6.07) is 14.6. The second-order valence-electron chi connectivity index (χ2n) is 4.83.